The van der Waals surface area contributed by atoms with E-state index in [1.165, 1.54) is 11.1 Å². The van der Waals surface area contributed by atoms with Crippen molar-refractivity contribution < 1.29 is 4.79 Å². The number of pyridine rings is 1. The molecule has 1 N–H and O–H groups in total. The maximum Gasteiger partial charge on any atom is 0.294 e. The van der Waals surface area contributed by atoms with Gasteiger partial charge in [-0.3, -0.25) is 19.1 Å². The number of rotatable bonds is 6. The normalized spacial score (nSPS) is 17.0. The van der Waals surface area contributed by atoms with E-state index < -0.39 is 0 Å². The Morgan fingerprint density at radius 1 is 1.09 bits per heavy atom. The molecule has 0 spiro atoms. The highest BCUT2D eigenvalue weighted by Gasteiger charge is 2.27. The molecule has 2 aliphatic rings. The van der Waals surface area contributed by atoms with E-state index in [9.17, 15) is 9.59 Å². The lowest BCUT2D eigenvalue weighted by atomic mass is 9.96. The smallest absolute Gasteiger partial charge is 0.294 e. The molecule has 2 aliphatic heterocycles. The van der Waals surface area contributed by atoms with E-state index in [-0.39, 0.29) is 17.4 Å². The van der Waals surface area contributed by atoms with Crippen molar-refractivity contribution >= 4 is 22.9 Å². The topological polar surface area (TPSA) is 83.4 Å². The maximum absolute atomic E-state index is 12.8. The molecule has 2 aromatic heterocycles. The van der Waals surface area contributed by atoms with Crippen LogP contribution in [-0.2, 0) is 24.8 Å². The number of aromatic nitrogens is 3. The first kappa shape index (κ1) is 22.5. The fourth-order valence-electron chi connectivity index (χ4n) is 5.11. The van der Waals surface area contributed by atoms with Gasteiger partial charge in [-0.1, -0.05) is 24.3 Å². The number of piperidine rings is 1. The molecule has 8 nitrogen and oxygen atoms in total. The quantitative estimate of drug-likeness (QED) is 0.568. The Morgan fingerprint density at radius 3 is 2.71 bits per heavy atom. The van der Waals surface area contributed by atoms with Crippen LogP contribution in [0.5, 0.6) is 0 Å². The summed E-state index contributed by atoms with van der Waals surface area (Å²) >= 11 is 0. The summed E-state index contributed by atoms with van der Waals surface area (Å²) in [6.07, 6.45) is 5.18. The zero-order valence-electron chi connectivity index (χ0n) is 19.7. The van der Waals surface area contributed by atoms with Crippen molar-refractivity contribution in [1.29, 1.82) is 0 Å². The van der Waals surface area contributed by atoms with Gasteiger partial charge in [-0.05, 0) is 48.9 Å². The first-order chi connectivity index (χ1) is 16.6. The van der Waals surface area contributed by atoms with Gasteiger partial charge in [0.25, 0.3) is 5.56 Å². The predicted octanol–water partition coefficient (Wildman–Crippen LogP) is 2.11. The van der Waals surface area contributed by atoms with Gasteiger partial charge in [-0.15, -0.1) is 0 Å². The summed E-state index contributed by atoms with van der Waals surface area (Å²) in [7, 11) is 1.73. The lowest BCUT2D eigenvalue weighted by Gasteiger charge is -2.32. The molecule has 1 fully saturated rings. The Labute approximate surface area is 199 Å². The van der Waals surface area contributed by atoms with E-state index in [0.717, 1.165) is 45.3 Å². The van der Waals surface area contributed by atoms with Crippen LogP contribution in [0, 0.1) is 5.92 Å². The van der Waals surface area contributed by atoms with Gasteiger partial charge in [-0.25, -0.2) is 9.97 Å². The van der Waals surface area contributed by atoms with E-state index >= 15 is 0 Å². The largest absolute Gasteiger partial charge is 0.356 e. The van der Waals surface area contributed by atoms with Gasteiger partial charge in [0.15, 0.2) is 11.5 Å². The number of fused-ring (bicyclic) bond motifs is 2. The molecule has 0 saturated carbocycles. The molecule has 8 heteroatoms. The van der Waals surface area contributed by atoms with Gasteiger partial charge < -0.3 is 10.2 Å². The Hall–Kier alpha value is -3.26. The van der Waals surface area contributed by atoms with Crippen LogP contribution in [0.2, 0.25) is 0 Å². The number of anilines is 1. The van der Waals surface area contributed by atoms with Gasteiger partial charge in [0.1, 0.15) is 5.52 Å². The highest BCUT2D eigenvalue weighted by Crippen LogP contribution is 2.22. The SMILES string of the molecule is Cn1c(=O)c(N2CCC(C(=O)NCCCN3CCc4ccccc4C3)CC2)nc2cccnc21. The molecule has 0 radical (unpaired) electrons. The van der Waals surface area contributed by atoms with Crippen LogP contribution in [0.3, 0.4) is 0 Å². The average Bonchev–Trinajstić information content (AvgIpc) is 2.88. The molecule has 0 aliphatic carbocycles. The van der Waals surface area contributed by atoms with Crippen LogP contribution >= 0.6 is 0 Å². The number of hydrogen-bond donors (Lipinski definition) is 1. The number of nitrogens with zero attached hydrogens (tertiary/aromatic N) is 5. The molecular weight excluding hydrogens is 428 g/mol. The number of nitrogens with one attached hydrogen (secondary N) is 1. The first-order valence-electron chi connectivity index (χ1n) is 12.2. The second kappa shape index (κ2) is 9.93. The summed E-state index contributed by atoms with van der Waals surface area (Å²) in [4.78, 5) is 38.8. The average molecular weight is 461 g/mol. The molecule has 178 valence electrons. The Bertz CT molecular complexity index is 1230. The number of carbonyl (C=O) groups excluding carboxylic acids is 1. The summed E-state index contributed by atoms with van der Waals surface area (Å²) in [6.45, 7) is 5.09. The molecule has 0 atom stereocenters. The molecule has 1 amide bonds. The summed E-state index contributed by atoms with van der Waals surface area (Å²) < 4.78 is 1.55. The van der Waals surface area contributed by atoms with Gasteiger partial charge >= 0.3 is 0 Å². The number of benzene rings is 1. The van der Waals surface area contributed by atoms with Gasteiger partial charge in [0.2, 0.25) is 5.91 Å². The van der Waals surface area contributed by atoms with Crippen LogP contribution in [0.4, 0.5) is 5.82 Å². The fraction of sp³-hybridized carbons (Fsp3) is 0.462. The molecule has 1 saturated heterocycles. The molecule has 3 aromatic rings. The molecule has 0 bridgehead atoms. The minimum Gasteiger partial charge on any atom is -0.356 e. The van der Waals surface area contributed by atoms with Crippen molar-refractivity contribution in [2.24, 2.45) is 13.0 Å². The molecule has 5 rings (SSSR count). The monoisotopic (exact) mass is 460 g/mol. The number of hydrogen-bond acceptors (Lipinski definition) is 6. The first-order valence-corrected chi connectivity index (χ1v) is 12.2. The van der Waals surface area contributed by atoms with E-state index in [2.05, 4.69) is 44.5 Å². The van der Waals surface area contributed by atoms with Crippen LogP contribution < -0.4 is 15.8 Å². The lowest BCUT2D eigenvalue weighted by Crippen LogP contribution is -2.43. The number of aryl methyl sites for hydroxylation is 1. The number of amides is 1. The summed E-state index contributed by atoms with van der Waals surface area (Å²) in [5.74, 6) is 0.571. The summed E-state index contributed by atoms with van der Waals surface area (Å²) in [5, 5.41) is 3.14. The maximum atomic E-state index is 12.8. The van der Waals surface area contributed by atoms with E-state index in [0.29, 0.717) is 36.6 Å². The molecule has 0 unspecified atom stereocenters. The molecule has 34 heavy (non-hydrogen) atoms. The van der Waals surface area contributed by atoms with Crippen LogP contribution in [0.25, 0.3) is 11.2 Å². The van der Waals surface area contributed by atoms with Gasteiger partial charge in [0, 0.05) is 58.4 Å². The van der Waals surface area contributed by atoms with Crippen LogP contribution in [0.15, 0.2) is 47.4 Å². The molecule has 4 heterocycles. The van der Waals surface area contributed by atoms with Crippen molar-refractivity contribution in [2.45, 2.75) is 32.2 Å². The van der Waals surface area contributed by atoms with Crippen molar-refractivity contribution in [3.05, 3.63) is 64.1 Å². The zero-order valence-corrected chi connectivity index (χ0v) is 19.7. The highest BCUT2D eigenvalue weighted by molar-refractivity contribution is 5.79. The van der Waals surface area contributed by atoms with Crippen molar-refractivity contribution in [3.8, 4) is 0 Å². The Kier molecular flexibility index (Phi) is 6.58. The van der Waals surface area contributed by atoms with Crippen LogP contribution in [0.1, 0.15) is 30.4 Å². The highest BCUT2D eigenvalue weighted by atomic mass is 16.2. The third-order valence-corrected chi connectivity index (χ3v) is 7.13. The minimum atomic E-state index is -0.144. The summed E-state index contributed by atoms with van der Waals surface area (Å²) in [6, 6.07) is 12.4. The van der Waals surface area contributed by atoms with E-state index in [1.54, 1.807) is 17.8 Å². The van der Waals surface area contributed by atoms with Crippen molar-refractivity contribution in [3.63, 3.8) is 0 Å². The van der Waals surface area contributed by atoms with E-state index in [1.807, 2.05) is 17.0 Å². The Morgan fingerprint density at radius 2 is 1.88 bits per heavy atom. The number of carbonyl (C=O) groups is 1. The standard InChI is InChI=1S/C26H32N6O2/c1-30-23-22(8-4-12-27-23)29-24(26(30)34)32-16-10-20(11-17-32)25(33)28-13-5-14-31-15-9-19-6-2-3-7-21(19)18-31/h2-4,6-8,12,20H,5,9-11,13-18H2,1H3,(H,28,33). The van der Waals surface area contributed by atoms with E-state index in [4.69, 9.17) is 0 Å². The van der Waals surface area contributed by atoms with Crippen LogP contribution in [-0.4, -0.2) is 58.1 Å². The van der Waals surface area contributed by atoms with Crippen molar-refractivity contribution in [1.82, 2.24) is 24.8 Å². The minimum absolute atomic E-state index is 0.0101. The third kappa shape index (κ3) is 4.68. The molecular formula is C26H32N6O2. The Balaban J connectivity index is 1.08. The molecule has 1 aromatic carbocycles. The van der Waals surface area contributed by atoms with Crippen molar-refractivity contribution in [2.75, 3.05) is 37.6 Å². The lowest BCUT2D eigenvalue weighted by molar-refractivity contribution is -0.125. The zero-order chi connectivity index (χ0) is 23.5. The predicted molar refractivity (Wildman–Crippen MR) is 133 cm³/mol. The second-order valence-corrected chi connectivity index (χ2v) is 9.35. The second-order valence-electron chi connectivity index (χ2n) is 9.35. The van der Waals surface area contributed by atoms with Gasteiger partial charge in [-0.2, -0.15) is 0 Å². The summed E-state index contributed by atoms with van der Waals surface area (Å²) in [5.41, 5.74) is 4.04. The van der Waals surface area contributed by atoms with Gasteiger partial charge in [0.05, 0.1) is 0 Å². The third-order valence-electron chi connectivity index (χ3n) is 7.13. The fourth-order valence-corrected chi connectivity index (χ4v) is 5.11.